The molecule has 0 amide bonds. The van der Waals surface area contributed by atoms with Crippen LogP contribution in [0.25, 0.3) is 0 Å². The first-order valence-corrected chi connectivity index (χ1v) is 6.20. The highest BCUT2D eigenvalue weighted by atomic mass is 35.5. The molecule has 0 aliphatic rings. The summed E-state index contributed by atoms with van der Waals surface area (Å²) in [4.78, 5) is 11.2. The molecular weight excluding hydrogens is 287 g/mol. The van der Waals surface area contributed by atoms with Crippen molar-refractivity contribution >= 4 is 29.2 Å². The Morgan fingerprint density at radius 2 is 1.84 bits per heavy atom. The third kappa shape index (κ3) is 3.19. The van der Waals surface area contributed by atoms with Gasteiger partial charge in [-0.15, -0.1) is 0 Å². The fraction of sp³-hybridized carbons (Fsp3) is 0.0714. The molecule has 1 N–H and O–H groups in total. The van der Waals surface area contributed by atoms with Crippen molar-refractivity contribution in [2.75, 3.05) is 0 Å². The number of carboxylic acid groups (broad SMARTS) is 1. The van der Waals surface area contributed by atoms with Crippen LogP contribution in [0.5, 0.6) is 11.5 Å². The van der Waals surface area contributed by atoms with E-state index in [-0.39, 0.29) is 11.3 Å². The van der Waals surface area contributed by atoms with E-state index in [0.29, 0.717) is 15.8 Å². The van der Waals surface area contributed by atoms with Gasteiger partial charge in [0, 0.05) is 6.07 Å². The average molecular weight is 297 g/mol. The maximum absolute atomic E-state index is 11.2. The molecule has 0 heterocycles. The van der Waals surface area contributed by atoms with Crippen LogP contribution in [0.1, 0.15) is 15.9 Å². The third-order valence-electron chi connectivity index (χ3n) is 2.48. The van der Waals surface area contributed by atoms with Gasteiger partial charge in [-0.25, -0.2) is 4.79 Å². The number of carboxylic acids is 1. The van der Waals surface area contributed by atoms with Gasteiger partial charge in [0.1, 0.15) is 17.1 Å². The minimum Gasteiger partial charge on any atom is -0.478 e. The van der Waals surface area contributed by atoms with Crippen molar-refractivity contribution in [1.29, 1.82) is 0 Å². The number of benzene rings is 2. The van der Waals surface area contributed by atoms with E-state index in [1.807, 2.05) is 6.92 Å². The largest absolute Gasteiger partial charge is 0.478 e. The highest BCUT2D eigenvalue weighted by Crippen LogP contribution is 2.31. The molecule has 0 unspecified atom stereocenters. The van der Waals surface area contributed by atoms with Crippen molar-refractivity contribution in [1.82, 2.24) is 0 Å². The molecule has 19 heavy (non-hydrogen) atoms. The van der Waals surface area contributed by atoms with Crippen LogP contribution >= 0.6 is 23.2 Å². The van der Waals surface area contributed by atoms with E-state index in [1.165, 1.54) is 6.07 Å². The summed E-state index contributed by atoms with van der Waals surface area (Å²) in [6.07, 6.45) is 0. The number of ether oxygens (including phenoxy) is 1. The van der Waals surface area contributed by atoms with Crippen LogP contribution in [0.15, 0.2) is 36.4 Å². The van der Waals surface area contributed by atoms with Gasteiger partial charge in [-0.3, -0.25) is 0 Å². The van der Waals surface area contributed by atoms with Gasteiger partial charge in [0.25, 0.3) is 0 Å². The second kappa shape index (κ2) is 5.51. The molecule has 0 saturated heterocycles. The van der Waals surface area contributed by atoms with Crippen LogP contribution in [0, 0.1) is 6.92 Å². The van der Waals surface area contributed by atoms with Crippen molar-refractivity contribution in [3.63, 3.8) is 0 Å². The van der Waals surface area contributed by atoms with Crippen molar-refractivity contribution in [3.05, 3.63) is 57.6 Å². The Hall–Kier alpha value is -1.71. The fourth-order valence-corrected chi connectivity index (χ4v) is 1.86. The van der Waals surface area contributed by atoms with E-state index in [1.54, 1.807) is 30.3 Å². The van der Waals surface area contributed by atoms with Crippen molar-refractivity contribution < 1.29 is 14.6 Å². The Kier molecular flexibility index (Phi) is 3.98. The standard InChI is InChI=1S/C14H10Cl2O3/c1-8-2-5-13(10(6-8)14(17)18)19-9-3-4-11(15)12(16)7-9/h2-7H,1H3,(H,17,18). The molecule has 2 rings (SSSR count). The minimum absolute atomic E-state index is 0.103. The summed E-state index contributed by atoms with van der Waals surface area (Å²) in [5.74, 6) is -0.351. The van der Waals surface area contributed by atoms with Crippen molar-refractivity contribution in [3.8, 4) is 11.5 Å². The second-order valence-corrected chi connectivity index (χ2v) is 4.80. The van der Waals surface area contributed by atoms with E-state index < -0.39 is 5.97 Å². The Morgan fingerprint density at radius 1 is 1.11 bits per heavy atom. The number of aromatic carboxylic acids is 1. The topological polar surface area (TPSA) is 46.5 Å². The summed E-state index contributed by atoms with van der Waals surface area (Å²) in [6.45, 7) is 1.81. The van der Waals surface area contributed by atoms with Gasteiger partial charge in [0.05, 0.1) is 10.0 Å². The summed E-state index contributed by atoms with van der Waals surface area (Å²) >= 11 is 11.7. The Balaban J connectivity index is 2.37. The van der Waals surface area contributed by atoms with Gasteiger partial charge in [0.2, 0.25) is 0 Å². The normalized spacial score (nSPS) is 10.3. The molecule has 2 aromatic rings. The molecule has 0 spiro atoms. The molecular formula is C14H10Cl2O3. The molecule has 0 aliphatic heterocycles. The molecule has 0 aromatic heterocycles. The van der Waals surface area contributed by atoms with Gasteiger partial charge in [0.15, 0.2) is 0 Å². The summed E-state index contributed by atoms with van der Waals surface area (Å²) in [5, 5.41) is 9.90. The van der Waals surface area contributed by atoms with E-state index in [0.717, 1.165) is 5.56 Å². The van der Waals surface area contributed by atoms with Gasteiger partial charge < -0.3 is 9.84 Å². The maximum Gasteiger partial charge on any atom is 0.339 e. The van der Waals surface area contributed by atoms with Gasteiger partial charge in [-0.05, 0) is 31.2 Å². The SMILES string of the molecule is Cc1ccc(Oc2ccc(Cl)c(Cl)c2)c(C(=O)O)c1. The van der Waals surface area contributed by atoms with Gasteiger partial charge >= 0.3 is 5.97 Å². The minimum atomic E-state index is -1.04. The van der Waals surface area contributed by atoms with Crippen molar-refractivity contribution in [2.45, 2.75) is 6.92 Å². The summed E-state index contributed by atoms with van der Waals surface area (Å²) < 4.78 is 5.54. The molecule has 0 saturated carbocycles. The van der Waals surface area contributed by atoms with Crippen LogP contribution in [0.3, 0.4) is 0 Å². The predicted molar refractivity (Wildman–Crippen MR) is 74.7 cm³/mol. The lowest BCUT2D eigenvalue weighted by molar-refractivity contribution is 0.0694. The molecule has 0 aliphatic carbocycles. The van der Waals surface area contributed by atoms with Crippen LogP contribution in [-0.4, -0.2) is 11.1 Å². The van der Waals surface area contributed by atoms with Crippen molar-refractivity contribution in [2.24, 2.45) is 0 Å². The first-order chi connectivity index (χ1) is 8.97. The lowest BCUT2D eigenvalue weighted by Crippen LogP contribution is -2.00. The van der Waals surface area contributed by atoms with E-state index in [2.05, 4.69) is 0 Å². The predicted octanol–water partition coefficient (Wildman–Crippen LogP) is 4.79. The summed E-state index contributed by atoms with van der Waals surface area (Å²) in [7, 11) is 0. The number of aryl methyl sites for hydroxylation is 1. The smallest absolute Gasteiger partial charge is 0.339 e. The molecule has 0 fully saturated rings. The highest BCUT2D eigenvalue weighted by molar-refractivity contribution is 6.42. The Labute approximate surface area is 120 Å². The monoisotopic (exact) mass is 296 g/mol. The summed E-state index contributed by atoms with van der Waals surface area (Å²) in [6, 6.07) is 9.69. The zero-order valence-corrected chi connectivity index (χ0v) is 11.5. The number of carbonyl (C=O) groups is 1. The van der Waals surface area contributed by atoms with E-state index in [4.69, 9.17) is 33.0 Å². The lowest BCUT2D eigenvalue weighted by atomic mass is 10.1. The second-order valence-electron chi connectivity index (χ2n) is 3.98. The summed E-state index contributed by atoms with van der Waals surface area (Å²) in [5.41, 5.74) is 0.949. The van der Waals surface area contributed by atoms with Gasteiger partial charge in [-0.2, -0.15) is 0 Å². The van der Waals surface area contributed by atoms with Crippen LogP contribution in [-0.2, 0) is 0 Å². The van der Waals surface area contributed by atoms with E-state index in [9.17, 15) is 4.79 Å². The maximum atomic E-state index is 11.2. The first kappa shape index (κ1) is 13.7. The van der Waals surface area contributed by atoms with Crippen LogP contribution in [0.2, 0.25) is 10.0 Å². The van der Waals surface area contributed by atoms with Crippen LogP contribution in [0.4, 0.5) is 0 Å². The first-order valence-electron chi connectivity index (χ1n) is 5.44. The number of rotatable bonds is 3. The number of halogens is 2. The Bertz CT molecular complexity index is 639. The molecule has 2 aromatic carbocycles. The Morgan fingerprint density at radius 3 is 2.47 bits per heavy atom. The molecule has 5 heteroatoms. The average Bonchev–Trinajstić information content (AvgIpc) is 2.36. The number of hydrogen-bond acceptors (Lipinski definition) is 2. The zero-order valence-electron chi connectivity index (χ0n) is 9.98. The molecule has 0 radical (unpaired) electrons. The van der Waals surface area contributed by atoms with E-state index >= 15 is 0 Å². The molecule has 0 atom stereocenters. The number of hydrogen-bond donors (Lipinski definition) is 1. The fourth-order valence-electron chi connectivity index (χ4n) is 1.57. The molecule has 98 valence electrons. The quantitative estimate of drug-likeness (QED) is 0.885. The highest BCUT2D eigenvalue weighted by Gasteiger charge is 2.12. The molecule has 3 nitrogen and oxygen atoms in total. The van der Waals surface area contributed by atoms with Gasteiger partial charge in [-0.1, -0.05) is 34.8 Å². The van der Waals surface area contributed by atoms with Crippen LogP contribution < -0.4 is 4.74 Å². The zero-order chi connectivity index (χ0) is 14.0. The lowest BCUT2D eigenvalue weighted by Gasteiger charge is -2.10. The molecule has 0 bridgehead atoms. The third-order valence-corrected chi connectivity index (χ3v) is 3.22.